The summed E-state index contributed by atoms with van der Waals surface area (Å²) < 4.78 is 0. The van der Waals surface area contributed by atoms with Gasteiger partial charge in [-0.25, -0.2) is 4.79 Å². The molecule has 1 fully saturated rings. The molecular formula is C23H32N4O2. The van der Waals surface area contributed by atoms with Crippen molar-refractivity contribution in [1.82, 2.24) is 16.0 Å². The number of hydrogen-bond donors (Lipinski definition) is 4. The number of benzene rings is 2. The van der Waals surface area contributed by atoms with E-state index in [0.29, 0.717) is 32.0 Å². The summed E-state index contributed by atoms with van der Waals surface area (Å²) in [6, 6.07) is 14.2. The third-order valence-corrected chi connectivity index (χ3v) is 5.55. The van der Waals surface area contributed by atoms with Gasteiger partial charge >= 0.3 is 6.03 Å². The first kappa shape index (κ1) is 21.1. The third kappa shape index (κ3) is 6.46. The van der Waals surface area contributed by atoms with Crippen LogP contribution in [0.5, 0.6) is 0 Å². The quantitative estimate of drug-likeness (QED) is 0.515. The molecule has 0 bridgehead atoms. The fourth-order valence-corrected chi connectivity index (χ4v) is 3.90. The van der Waals surface area contributed by atoms with Crippen molar-refractivity contribution in [3.8, 4) is 0 Å². The second-order valence-electron chi connectivity index (χ2n) is 7.80. The van der Waals surface area contributed by atoms with Crippen LogP contribution in [-0.4, -0.2) is 31.1 Å². The van der Waals surface area contributed by atoms with Crippen LogP contribution in [0.25, 0.3) is 10.8 Å². The predicted octanol–water partition coefficient (Wildman–Crippen LogP) is 3.37. The molecule has 1 atom stereocenters. The number of amides is 3. The fourth-order valence-electron chi connectivity index (χ4n) is 3.90. The lowest BCUT2D eigenvalue weighted by Crippen LogP contribution is -2.43. The molecule has 29 heavy (non-hydrogen) atoms. The van der Waals surface area contributed by atoms with Crippen molar-refractivity contribution in [3.63, 3.8) is 0 Å². The standard InChI is InChI=1S/C23H32N4O2/c24-16-21(19-13-12-17-7-4-5-8-18(17)15-19)27-22(28)11-6-14-25-23(29)26-20-9-2-1-3-10-20/h4-5,7-8,12-13,15,20-21H,1-3,6,9-11,14,16,24H2,(H,27,28)(H2,25,26,29). The minimum Gasteiger partial charge on any atom is -0.348 e. The molecule has 0 aliphatic heterocycles. The molecule has 0 heterocycles. The highest BCUT2D eigenvalue weighted by Crippen LogP contribution is 2.20. The van der Waals surface area contributed by atoms with Gasteiger partial charge in [0.2, 0.25) is 5.91 Å². The Bertz CT molecular complexity index is 817. The first-order valence-electron chi connectivity index (χ1n) is 10.7. The van der Waals surface area contributed by atoms with Gasteiger partial charge in [0.25, 0.3) is 0 Å². The van der Waals surface area contributed by atoms with Crippen LogP contribution in [0.1, 0.15) is 56.6 Å². The van der Waals surface area contributed by atoms with Crippen LogP contribution < -0.4 is 21.7 Å². The Balaban J connectivity index is 1.39. The van der Waals surface area contributed by atoms with E-state index >= 15 is 0 Å². The van der Waals surface area contributed by atoms with Gasteiger partial charge in [-0.3, -0.25) is 4.79 Å². The van der Waals surface area contributed by atoms with Gasteiger partial charge in [-0.15, -0.1) is 0 Å². The molecule has 3 rings (SSSR count). The van der Waals surface area contributed by atoms with Crippen LogP contribution in [0.2, 0.25) is 0 Å². The average Bonchev–Trinajstić information content (AvgIpc) is 2.75. The fraction of sp³-hybridized carbons (Fsp3) is 0.478. The smallest absolute Gasteiger partial charge is 0.315 e. The zero-order valence-corrected chi connectivity index (χ0v) is 17.0. The summed E-state index contributed by atoms with van der Waals surface area (Å²) >= 11 is 0. The summed E-state index contributed by atoms with van der Waals surface area (Å²) in [4.78, 5) is 24.2. The molecule has 0 radical (unpaired) electrons. The van der Waals surface area contributed by atoms with E-state index in [1.54, 1.807) is 0 Å². The minimum absolute atomic E-state index is 0.0527. The van der Waals surface area contributed by atoms with Gasteiger partial charge in [0, 0.05) is 25.6 Å². The highest BCUT2D eigenvalue weighted by molar-refractivity contribution is 5.83. The normalized spacial score (nSPS) is 15.6. The maximum absolute atomic E-state index is 12.3. The molecule has 6 heteroatoms. The summed E-state index contributed by atoms with van der Waals surface area (Å²) in [7, 11) is 0. The lowest BCUT2D eigenvalue weighted by molar-refractivity contribution is -0.121. The van der Waals surface area contributed by atoms with Crippen LogP contribution in [0, 0.1) is 0 Å². The van der Waals surface area contributed by atoms with Crippen molar-refractivity contribution >= 4 is 22.7 Å². The van der Waals surface area contributed by atoms with Crippen molar-refractivity contribution in [2.45, 2.75) is 57.0 Å². The number of nitrogens with two attached hydrogens (primary N) is 1. The maximum Gasteiger partial charge on any atom is 0.315 e. The predicted molar refractivity (Wildman–Crippen MR) is 117 cm³/mol. The van der Waals surface area contributed by atoms with E-state index in [2.05, 4.69) is 34.1 Å². The number of urea groups is 1. The monoisotopic (exact) mass is 396 g/mol. The van der Waals surface area contributed by atoms with Crippen molar-refractivity contribution in [2.75, 3.05) is 13.1 Å². The molecule has 5 N–H and O–H groups in total. The van der Waals surface area contributed by atoms with Crippen molar-refractivity contribution in [1.29, 1.82) is 0 Å². The first-order valence-corrected chi connectivity index (χ1v) is 10.7. The second-order valence-corrected chi connectivity index (χ2v) is 7.80. The van der Waals surface area contributed by atoms with Crippen molar-refractivity contribution in [3.05, 3.63) is 48.0 Å². The number of carbonyl (C=O) groups excluding carboxylic acids is 2. The lowest BCUT2D eigenvalue weighted by atomic mass is 9.96. The van der Waals surface area contributed by atoms with E-state index in [1.165, 1.54) is 19.3 Å². The van der Waals surface area contributed by atoms with Gasteiger partial charge in [0.1, 0.15) is 0 Å². The summed E-state index contributed by atoms with van der Waals surface area (Å²) in [5.74, 6) is -0.0527. The summed E-state index contributed by atoms with van der Waals surface area (Å²) in [5.41, 5.74) is 6.90. The van der Waals surface area contributed by atoms with Crippen LogP contribution in [0.4, 0.5) is 4.79 Å². The van der Waals surface area contributed by atoms with Crippen LogP contribution in [0.3, 0.4) is 0 Å². The molecule has 2 aromatic carbocycles. The number of hydrogen-bond acceptors (Lipinski definition) is 3. The molecule has 0 aromatic heterocycles. The Morgan fingerprint density at radius 1 is 1.03 bits per heavy atom. The highest BCUT2D eigenvalue weighted by Gasteiger charge is 2.16. The van der Waals surface area contributed by atoms with Crippen LogP contribution >= 0.6 is 0 Å². The van der Waals surface area contributed by atoms with Gasteiger partial charge in [0.15, 0.2) is 0 Å². The summed E-state index contributed by atoms with van der Waals surface area (Å²) in [6.45, 7) is 0.821. The molecule has 156 valence electrons. The Morgan fingerprint density at radius 3 is 2.55 bits per heavy atom. The largest absolute Gasteiger partial charge is 0.348 e. The zero-order valence-electron chi connectivity index (χ0n) is 17.0. The van der Waals surface area contributed by atoms with E-state index in [4.69, 9.17) is 5.73 Å². The molecule has 1 saturated carbocycles. The Morgan fingerprint density at radius 2 is 1.79 bits per heavy atom. The molecule has 1 aliphatic rings. The lowest BCUT2D eigenvalue weighted by Gasteiger charge is -2.22. The molecule has 3 amide bonds. The van der Waals surface area contributed by atoms with E-state index in [0.717, 1.165) is 29.2 Å². The van der Waals surface area contributed by atoms with Gasteiger partial charge in [-0.05, 0) is 41.7 Å². The Hall–Kier alpha value is -2.60. The second kappa shape index (κ2) is 10.8. The first-order chi connectivity index (χ1) is 14.2. The zero-order chi connectivity index (χ0) is 20.5. The highest BCUT2D eigenvalue weighted by atomic mass is 16.2. The van der Waals surface area contributed by atoms with E-state index in [1.807, 2.05) is 24.3 Å². The van der Waals surface area contributed by atoms with Crippen molar-refractivity contribution in [2.24, 2.45) is 5.73 Å². The molecule has 2 aromatic rings. The van der Waals surface area contributed by atoms with Gasteiger partial charge in [-0.1, -0.05) is 55.7 Å². The number of nitrogens with one attached hydrogen (secondary N) is 3. The van der Waals surface area contributed by atoms with Crippen LogP contribution in [-0.2, 0) is 4.79 Å². The maximum atomic E-state index is 12.3. The summed E-state index contributed by atoms with van der Waals surface area (Å²) in [6.07, 6.45) is 6.70. The molecule has 1 unspecified atom stereocenters. The van der Waals surface area contributed by atoms with E-state index in [-0.39, 0.29) is 18.0 Å². The van der Waals surface area contributed by atoms with Gasteiger partial charge in [-0.2, -0.15) is 0 Å². The molecular weight excluding hydrogens is 364 g/mol. The SMILES string of the molecule is NCC(NC(=O)CCCNC(=O)NC1CCCCC1)c1ccc2ccccc2c1. The third-order valence-electron chi connectivity index (χ3n) is 5.55. The van der Waals surface area contributed by atoms with Gasteiger partial charge < -0.3 is 21.7 Å². The Labute approximate surface area is 172 Å². The van der Waals surface area contributed by atoms with Gasteiger partial charge in [0.05, 0.1) is 6.04 Å². The molecule has 0 saturated heterocycles. The molecule has 1 aliphatic carbocycles. The topological polar surface area (TPSA) is 96.2 Å². The van der Waals surface area contributed by atoms with Crippen LogP contribution in [0.15, 0.2) is 42.5 Å². The average molecular weight is 397 g/mol. The van der Waals surface area contributed by atoms with Crippen molar-refractivity contribution < 1.29 is 9.59 Å². The number of carbonyl (C=O) groups is 2. The summed E-state index contributed by atoms with van der Waals surface area (Å²) in [5, 5.41) is 11.2. The van der Waals surface area contributed by atoms with E-state index in [9.17, 15) is 9.59 Å². The van der Waals surface area contributed by atoms with E-state index < -0.39 is 0 Å². The Kier molecular flexibility index (Phi) is 7.87. The number of rotatable bonds is 8. The molecule has 0 spiro atoms. The number of fused-ring (bicyclic) bond motifs is 1. The minimum atomic E-state index is -0.213. The molecule has 6 nitrogen and oxygen atoms in total.